The van der Waals surface area contributed by atoms with Gasteiger partial charge in [-0.2, -0.15) is 0 Å². The molecule has 1 fully saturated rings. The number of hydrogen-bond acceptors (Lipinski definition) is 4. The third-order valence-corrected chi connectivity index (χ3v) is 4.09. The third kappa shape index (κ3) is 5.96. The van der Waals surface area contributed by atoms with Gasteiger partial charge in [0.05, 0.1) is 6.04 Å². The van der Waals surface area contributed by atoms with Gasteiger partial charge in [-0.05, 0) is 39.2 Å². The van der Waals surface area contributed by atoms with Crippen LogP contribution in [-0.2, 0) is 16.1 Å². The summed E-state index contributed by atoms with van der Waals surface area (Å²) in [7, 11) is 1.72. The van der Waals surface area contributed by atoms with Gasteiger partial charge in [-0.1, -0.05) is 30.3 Å². The molecule has 1 aliphatic heterocycles. The molecular formula is C19H28N2O4. The number of rotatable bonds is 3. The molecule has 1 aliphatic rings. The zero-order chi connectivity index (χ0) is 18.4. The van der Waals surface area contributed by atoms with Gasteiger partial charge in [0, 0.05) is 20.1 Å². The van der Waals surface area contributed by atoms with Crippen molar-refractivity contribution in [1.82, 2.24) is 9.80 Å². The van der Waals surface area contributed by atoms with Gasteiger partial charge >= 0.3 is 12.2 Å². The number of hydrogen-bond donors (Lipinski definition) is 0. The lowest BCUT2D eigenvalue weighted by Crippen LogP contribution is -2.51. The number of nitrogens with zero attached hydrogens (tertiary/aromatic N) is 2. The minimum Gasteiger partial charge on any atom is -0.445 e. The minimum atomic E-state index is -0.533. The highest BCUT2D eigenvalue weighted by Crippen LogP contribution is 2.18. The quantitative estimate of drug-likeness (QED) is 0.836. The lowest BCUT2D eigenvalue weighted by atomic mass is 10.1. The molecule has 0 aromatic heterocycles. The van der Waals surface area contributed by atoms with Crippen LogP contribution in [0.2, 0.25) is 0 Å². The van der Waals surface area contributed by atoms with E-state index in [4.69, 9.17) is 9.47 Å². The van der Waals surface area contributed by atoms with E-state index in [9.17, 15) is 9.59 Å². The van der Waals surface area contributed by atoms with E-state index >= 15 is 0 Å². The first kappa shape index (κ1) is 19.1. The zero-order valence-electron chi connectivity index (χ0n) is 15.5. The van der Waals surface area contributed by atoms with Gasteiger partial charge in [0.25, 0.3) is 0 Å². The van der Waals surface area contributed by atoms with Crippen molar-refractivity contribution in [3.05, 3.63) is 35.9 Å². The van der Waals surface area contributed by atoms with Crippen LogP contribution in [0.5, 0.6) is 0 Å². The Morgan fingerprint density at radius 1 is 1.24 bits per heavy atom. The molecule has 0 bridgehead atoms. The van der Waals surface area contributed by atoms with Crippen LogP contribution in [0.3, 0.4) is 0 Å². The molecule has 1 aromatic carbocycles. The fraction of sp³-hybridized carbons (Fsp3) is 0.579. The summed E-state index contributed by atoms with van der Waals surface area (Å²) in [5, 5.41) is 0. The molecule has 138 valence electrons. The monoisotopic (exact) mass is 348 g/mol. The summed E-state index contributed by atoms with van der Waals surface area (Å²) in [5.74, 6) is 0. The van der Waals surface area contributed by atoms with Gasteiger partial charge in [0.1, 0.15) is 12.2 Å². The standard InChI is InChI=1S/C19H28N2O4/c1-19(2,3)25-17(22)20(4)16-11-8-12-21(13-16)18(23)24-14-15-9-6-5-7-10-15/h5-7,9-10,16H,8,11-14H2,1-4H3/t16-/m0/s1. The van der Waals surface area contributed by atoms with Crippen molar-refractivity contribution in [3.8, 4) is 0 Å². The van der Waals surface area contributed by atoms with Gasteiger partial charge in [0.2, 0.25) is 0 Å². The highest BCUT2D eigenvalue weighted by molar-refractivity contribution is 5.69. The number of amides is 2. The number of likely N-dealkylation sites (tertiary alicyclic amines) is 1. The Bertz CT molecular complexity index is 583. The maximum absolute atomic E-state index is 12.3. The molecule has 1 atom stereocenters. The summed E-state index contributed by atoms with van der Waals surface area (Å²) in [6.07, 6.45) is 0.972. The Balaban J connectivity index is 1.87. The Labute approximate surface area is 149 Å². The fourth-order valence-electron chi connectivity index (χ4n) is 2.73. The fourth-order valence-corrected chi connectivity index (χ4v) is 2.73. The first-order valence-electron chi connectivity index (χ1n) is 8.68. The largest absolute Gasteiger partial charge is 0.445 e. The average Bonchev–Trinajstić information content (AvgIpc) is 2.58. The van der Waals surface area contributed by atoms with Gasteiger partial charge < -0.3 is 19.3 Å². The predicted octanol–water partition coefficient (Wildman–Crippen LogP) is 3.65. The van der Waals surface area contributed by atoms with Crippen LogP contribution in [0.15, 0.2) is 30.3 Å². The number of likely N-dealkylation sites (N-methyl/N-ethyl adjacent to an activating group) is 1. The Kier molecular flexibility index (Phi) is 6.28. The molecule has 0 radical (unpaired) electrons. The number of carbonyl (C=O) groups excluding carboxylic acids is 2. The molecule has 0 unspecified atom stereocenters. The van der Waals surface area contributed by atoms with Crippen LogP contribution in [0, 0.1) is 0 Å². The van der Waals surface area contributed by atoms with Crippen LogP contribution in [0.4, 0.5) is 9.59 Å². The highest BCUT2D eigenvalue weighted by atomic mass is 16.6. The number of carbonyl (C=O) groups is 2. The molecule has 0 N–H and O–H groups in total. The number of piperidine rings is 1. The van der Waals surface area contributed by atoms with Gasteiger partial charge in [-0.25, -0.2) is 9.59 Å². The number of benzene rings is 1. The van der Waals surface area contributed by atoms with E-state index in [1.54, 1.807) is 16.8 Å². The Morgan fingerprint density at radius 3 is 2.56 bits per heavy atom. The normalized spacial score (nSPS) is 17.8. The van der Waals surface area contributed by atoms with E-state index in [-0.39, 0.29) is 24.8 Å². The molecule has 0 aliphatic carbocycles. The zero-order valence-corrected chi connectivity index (χ0v) is 15.5. The molecule has 6 heteroatoms. The maximum Gasteiger partial charge on any atom is 0.410 e. The van der Waals surface area contributed by atoms with Gasteiger partial charge in [-0.15, -0.1) is 0 Å². The SMILES string of the molecule is CN(C(=O)OC(C)(C)C)[C@H]1CCCN(C(=O)OCc2ccccc2)C1. The summed E-state index contributed by atoms with van der Waals surface area (Å²) >= 11 is 0. The molecule has 0 spiro atoms. The molecule has 1 heterocycles. The molecule has 1 saturated heterocycles. The van der Waals surface area contributed by atoms with Crippen LogP contribution in [0.25, 0.3) is 0 Å². The van der Waals surface area contributed by atoms with Crippen molar-refractivity contribution in [1.29, 1.82) is 0 Å². The first-order chi connectivity index (χ1) is 11.8. The molecule has 25 heavy (non-hydrogen) atoms. The molecule has 0 saturated carbocycles. The van der Waals surface area contributed by atoms with E-state index in [2.05, 4.69) is 0 Å². The van der Waals surface area contributed by atoms with E-state index in [1.165, 1.54) is 0 Å². The van der Waals surface area contributed by atoms with E-state index in [0.717, 1.165) is 18.4 Å². The second-order valence-electron chi connectivity index (χ2n) is 7.37. The van der Waals surface area contributed by atoms with E-state index in [0.29, 0.717) is 13.1 Å². The van der Waals surface area contributed by atoms with Crippen molar-refractivity contribution in [2.75, 3.05) is 20.1 Å². The Hall–Kier alpha value is -2.24. The van der Waals surface area contributed by atoms with Crippen LogP contribution in [-0.4, -0.2) is 53.8 Å². The van der Waals surface area contributed by atoms with Crippen LogP contribution < -0.4 is 0 Å². The summed E-state index contributed by atoms with van der Waals surface area (Å²) in [6, 6.07) is 9.53. The minimum absolute atomic E-state index is 0.0622. The lowest BCUT2D eigenvalue weighted by Gasteiger charge is -2.37. The maximum atomic E-state index is 12.3. The highest BCUT2D eigenvalue weighted by Gasteiger charge is 2.31. The molecule has 2 amide bonds. The molecule has 1 aromatic rings. The van der Waals surface area contributed by atoms with Crippen molar-refractivity contribution in [2.24, 2.45) is 0 Å². The molecular weight excluding hydrogens is 320 g/mol. The summed E-state index contributed by atoms with van der Waals surface area (Å²) in [5.41, 5.74) is 0.421. The first-order valence-corrected chi connectivity index (χ1v) is 8.68. The van der Waals surface area contributed by atoms with Crippen molar-refractivity contribution in [3.63, 3.8) is 0 Å². The van der Waals surface area contributed by atoms with E-state index < -0.39 is 5.60 Å². The summed E-state index contributed by atoms with van der Waals surface area (Å²) in [6.45, 7) is 6.88. The predicted molar refractivity (Wildman–Crippen MR) is 95.2 cm³/mol. The van der Waals surface area contributed by atoms with Gasteiger partial charge in [0.15, 0.2) is 0 Å². The molecule has 2 rings (SSSR count). The van der Waals surface area contributed by atoms with Crippen LogP contribution in [0.1, 0.15) is 39.2 Å². The topological polar surface area (TPSA) is 59.1 Å². The summed E-state index contributed by atoms with van der Waals surface area (Å²) < 4.78 is 10.8. The van der Waals surface area contributed by atoms with Gasteiger partial charge in [-0.3, -0.25) is 0 Å². The Morgan fingerprint density at radius 2 is 1.92 bits per heavy atom. The smallest absolute Gasteiger partial charge is 0.410 e. The molecule has 6 nitrogen and oxygen atoms in total. The second-order valence-corrected chi connectivity index (χ2v) is 7.37. The number of ether oxygens (including phenoxy) is 2. The third-order valence-electron chi connectivity index (χ3n) is 4.09. The van der Waals surface area contributed by atoms with E-state index in [1.807, 2.05) is 51.1 Å². The van der Waals surface area contributed by atoms with Crippen molar-refractivity contribution >= 4 is 12.2 Å². The average molecular weight is 348 g/mol. The van der Waals surface area contributed by atoms with Crippen molar-refractivity contribution < 1.29 is 19.1 Å². The summed E-state index contributed by atoms with van der Waals surface area (Å²) in [4.78, 5) is 27.8. The van der Waals surface area contributed by atoms with Crippen molar-refractivity contribution in [2.45, 2.75) is 51.9 Å². The lowest BCUT2D eigenvalue weighted by molar-refractivity contribution is 0.0118. The van der Waals surface area contributed by atoms with Crippen LogP contribution >= 0.6 is 0 Å². The second kappa shape index (κ2) is 8.23.